The van der Waals surface area contributed by atoms with Crippen molar-refractivity contribution in [3.05, 3.63) is 70.2 Å². The van der Waals surface area contributed by atoms with Gasteiger partial charge in [-0.1, -0.05) is 35.9 Å². The molecule has 0 spiro atoms. The number of nitrogens with one attached hydrogen (secondary N) is 1. The van der Waals surface area contributed by atoms with E-state index < -0.39 is 28.3 Å². The number of esters is 1. The van der Waals surface area contributed by atoms with Gasteiger partial charge in [-0.15, -0.1) is 0 Å². The molecule has 0 saturated carbocycles. The lowest BCUT2D eigenvalue weighted by Crippen LogP contribution is -2.31. The first-order valence-corrected chi connectivity index (χ1v) is 10.6. The molecule has 1 amide bonds. The van der Waals surface area contributed by atoms with Crippen LogP contribution < -0.4 is 5.32 Å². The third kappa shape index (κ3) is 7.03. The van der Waals surface area contributed by atoms with E-state index in [1.807, 2.05) is 6.07 Å². The van der Waals surface area contributed by atoms with E-state index in [0.29, 0.717) is 10.6 Å². The van der Waals surface area contributed by atoms with Gasteiger partial charge in [-0.05, 0) is 42.3 Å². The molecule has 2 rings (SSSR count). The Morgan fingerprint density at radius 2 is 1.81 bits per heavy atom. The van der Waals surface area contributed by atoms with E-state index in [-0.39, 0.29) is 17.4 Å². The highest BCUT2D eigenvalue weighted by Gasteiger charge is 2.14. The molecule has 0 radical (unpaired) electrons. The maximum atomic E-state index is 12.0. The molecule has 0 heterocycles. The van der Waals surface area contributed by atoms with Crippen molar-refractivity contribution in [2.45, 2.75) is 18.7 Å². The van der Waals surface area contributed by atoms with Crippen molar-refractivity contribution in [3.8, 4) is 0 Å². The zero-order valence-electron chi connectivity index (χ0n) is 14.9. The number of hydrogen-bond donors (Lipinski definition) is 1. The number of sulfone groups is 1. The minimum absolute atomic E-state index is 0.105. The molecule has 1 N–H and O–H groups in total. The molecule has 0 aliphatic carbocycles. The van der Waals surface area contributed by atoms with Gasteiger partial charge in [0.25, 0.3) is 5.91 Å². The van der Waals surface area contributed by atoms with Gasteiger partial charge in [0.2, 0.25) is 0 Å². The summed E-state index contributed by atoms with van der Waals surface area (Å²) in [7, 11) is -3.15. The maximum absolute atomic E-state index is 12.0. The van der Waals surface area contributed by atoms with Crippen molar-refractivity contribution < 1.29 is 22.7 Å². The highest BCUT2D eigenvalue weighted by Crippen LogP contribution is 2.17. The van der Waals surface area contributed by atoms with E-state index in [4.69, 9.17) is 16.3 Å². The van der Waals surface area contributed by atoms with E-state index in [1.165, 1.54) is 12.1 Å². The minimum Gasteiger partial charge on any atom is -0.452 e. The van der Waals surface area contributed by atoms with Crippen LogP contribution in [0.3, 0.4) is 0 Å². The van der Waals surface area contributed by atoms with Crippen LogP contribution in [0.4, 0.5) is 0 Å². The van der Waals surface area contributed by atoms with Gasteiger partial charge in [0.15, 0.2) is 16.4 Å². The summed E-state index contributed by atoms with van der Waals surface area (Å²) in [5.74, 6) is -1.21. The highest BCUT2D eigenvalue weighted by atomic mass is 35.5. The van der Waals surface area contributed by atoms with Crippen LogP contribution in [0, 0.1) is 0 Å². The van der Waals surface area contributed by atoms with Gasteiger partial charge < -0.3 is 10.1 Å². The minimum atomic E-state index is -3.15. The first kappa shape index (κ1) is 20.9. The molecule has 0 bridgehead atoms. The van der Waals surface area contributed by atoms with Crippen molar-refractivity contribution in [2.75, 3.05) is 12.9 Å². The van der Waals surface area contributed by atoms with E-state index >= 15 is 0 Å². The van der Waals surface area contributed by atoms with Gasteiger partial charge in [-0.25, -0.2) is 13.2 Å². The largest absolute Gasteiger partial charge is 0.452 e. The Balaban J connectivity index is 1.86. The molecule has 2 aromatic rings. The first-order valence-electron chi connectivity index (χ1n) is 8.12. The fourth-order valence-corrected chi connectivity index (χ4v) is 3.39. The highest BCUT2D eigenvalue weighted by molar-refractivity contribution is 7.89. The van der Waals surface area contributed by atoms with Crippen LogP contribution in [0.1, 0.15) is 34.5 Å². The van der Waals surface area contributed by atoms with Gasteiger partial charge in [0, 0.05) is 11.3 Å². The number of carbonyl (C=O) groups is 2. The molecule has 6 nitrogen and oxygen atoms in total. The predicted octanol–water partition coefficient (Wildman–Crippen LogP) is 2.92. The summed E-state index contributed by atoms with van der Waals surface area (Å²) in [6, 6.07) is 12.8. The Hall–Kier alpha value is -2.38. The third-order valence-corrected chi connectivity index (χ3v) is 4.77. The summed E-state index contributed by atoms with van der Waals surface area (Å²) in [6.07, 6.45) is 1.14. The van der Waals surface area contributed by atoms with Crippen molar-refractivity contribution >= 4 is 33.3 Å². The van der Waals surface area contributed by atoms with E-state index in [2.05, 4.69) is 5.32 Å². The average molecular weight is 410 g/mol. The molecule has 144 valence electrons. The third-order valence-electron chi connectivity index (χ3n) is 3.68. The van der Waals surface area contributed by atoms with Gasteiger partial charge in [-0.2, -0.15) is 0 Å². The average Bonchev–Trinajstić information content (AvgIpc) is 2.59. The summed E-state index contributed by atoms with van der Waals surface area (Å²) >= 11 is 5.93. The number of rotatable bonds is 7. The van der Waals surface area contributed by atoms with Crippen LogP contribution in [-0.4, -0.2) is 33.2 Å². The van der Waals surface area contributed by atoms with Crippen molar-refractivity contribution in [3.63, 3.8) is 0 Å². The Bertz CT molecular complexity index is 925. The summed E-state index contributed by atoms with van der Waals surface area (Å²) in [5, 5.41) is 3.29. The van der Waals surface area contributed by atoms with Gasteiger partial charge in [0.05, 0.1) is 17.4 Å². The summed E-state index contributed by atoms with van der Waals surface area (Å²) in [6.45, 7) is 1.38. The fraction of sp³-hybridized carbons (Fsp3) is 0.263. The molecule has 0 aliphatic heterocycles. The number of amides is 1. The van der Waals surface area contributed by atoms with Gasteiger partial charge >= 0.3 is 5.97 Å². The van der Waals surface area contributed by atoms with Crippen molar-refractivity contribution in [1.29, 1.82) is 0 Å². The van der Waals surface area contributed by atoms with Crippen LogP contribution in [-0.2, 0) is 25.1 Å². The Morgan fingerprint density at radius 3 is 2.41 bits per heavy atom. The summed E-state index contributed by atoms with van der Waals surface area (Å²) < 4.78 is 27.5. The molecule has 0 aliphatic rings. The molecule has 0 fully saturated rings. The zero-order valence-corrected chi connectivity index (χ0v) is 16.5. The lowest BCUT2D eigenvalue weighted by Gasteiger charge is -2.14. The second-order valence-electron chi connectivity index (χ2n) is 6.19. The lowest BCUT2D eigenvalue weighted by molar-refractivity contribution is -0.124. The van der Waals surface area contributed by atoms with Crippen molar-refractivity contribution in [1.82, 2.24) is 5.32 Å². The number of halogens is 1. The van der Waals surface area contributed by atoms with Crippen LogP contribution in [0.2, 0.25) is 5.02 Å². The summed E-state index contributed by atoms with van der Waals surface area (Å²) in [5.41, 5.74) is 1.65. The topological polar surface area (TPSA) is 89.5 Å². The second-order valence-corrected chi connectivity index (χ2v) is 8.76. The second kappa shape index (κ2) is 9.01. The molecule has 0 aromatic heterocycles. The van der Waals surface area contributed by atoms with Gasteiger partial charge in [-0.3, -0.25) is 4.79 Å². The predicted molar refractivity (Wildman–Crippen MR) is 103 cm³/mol. The molecule has 1 atom stereocenters. The summed E-state index contributed by atoms with van der Waals surface area (Å²) in [4.78, 5) is 24.0. The number of benzene rings is 2. The molecular weight excluding hydrogens is 390 g/mol. The number of hydrogen-bond acceptors (Lipinski definition) is 5. The van der Waals surface area contributed by atoms with E-state index in [0.717, 1.165) is 11.8 Å². The van der Waals surface area contributed by atoms with Crippen LogP contribution in [0.5, 0.6) is 0 Å². The fourth-order valence-electron chi connectivity index (χ4n) is 2.40. The smallest absolute Gasteiger partial charge is 0.338 e. The Labute approximate surface area is 163 Å². The number of ether oxygens (including phenoxy) is 1. The van der Waals surface area contributed by atoms with Gasteiger partial charge in [0.1, 0.15) is 0 Å². The quantitative estimate of drug-likeness (QED) is 0.710. The van der Waals surface area contributed by atoms with Crippen LogP contribution in [0.15, 0.2) is 48.5 Å². The molecule has 0 unspecified atom stereocenters. The normalized spacial score (nSPS) is 12.3. The van der Waals surface area contributed by atoms with E-state index in [1.54, 1.807) is 37.3 Å². The monoisotopic (exact) mass is 409 g/mol. The SMILES string of the molecule is C[C@H](NC(=O)COC(=O)c1ccc(CS(C)(=O)=O)cc1)c1cccc(Cl)c1. The standard InChI is InChI=1S/C19H20ClNO5S/c1-13(16-4-3-5-17(20)10-16)21-18(22)11-26-19(23)15-8-6-14(7-9-15)12-27(2,24)25/h3-10,13H,11-12H2,1-2H3,(H,21,22)/t13-/m0/s1. The van der Waals surface area contributed by atoms with Crippen LogP contribution >= 0.6 is 11.6 Å². The molecule has 2 aromatic carbocycles. The molecule has 0 saturated heterocycles. The van der Waals surface area contributed by atoms with Crippen molar-refractivity contribution in [2.24, 2.45) is 0 Å². The first-order chi connectivity index (χ1) is 12.6. The molecule has 8 heteroatoms. The lowest BCUT2D eigenvalue weighted by atomic mass is 10.1. The van der Waals surface area contributed by atoms with Crippen LogP contribution in [0.25, 0.3) is 0 Å². The molecule has 27 heavy (non-hydrogen) atoms. The number of carbonyl (C=O) groups excluding carboxylic acids is 2. The zero-order chi connectivity index (χ0) is 20.0. The Kier molecular flexibility index (Phi) is 6.98. The Morgan fingerprint density at radius 1 is 1.15 bits per heavy atom. The van der Waals surface area contributed by atoms with E-state index in [9.17, 15) is 18.0 Å². The molecular formula is C19H20ClNO5S. The maximum Gasteiger partial charge on any atom is 0.338 e.